The van der Waals surface area contributed by atoms with Crippen LogP contribution in [0.25, 0.3) is 22.4 Å². The predicted octanol–water partition coefficient (Wildman–Crippen LogP) is 4.37. The monoisotopic (exact) mass is 543 g/mol. The number of aromatic nitrogens is 1. The smallest absolute Gasteiger partial charge is 0.195 e. The van der Waals surface area contributed by atoms with Crippen molar-refractivity contribution >= 4 is 32.9 Å². The zero-order valence-corrected chi connectivity index (χ0v) is 21.3. The Morgan fingerprint density at radius 3 is 2.57 bits per heavy atom. The first kappa shape index (κ1) is 24.4. The minimum absolute atomic E-state index is 0.152. The van der Waals surface area contributed by atoms with Crippen molar-refractivity contribution in [3.63, 3.8) is 0 Å². The van der Waals surface area contributed by atoms with Gasteiger partial charge in [-0.2, -0.15) is 0 Å². The molecule has 2 fully saturated rings. The van der Waals surface area contributed by atoms with Crippen molar-refractivity contribution in [2.45, 2.75) is 35.7 Å². The molecule has 1 aromatic heterocycles. The molecular formula is C26H23ClFN3O5S. The van der Waals surface area contributed by atoms with Gasteiger partial charge in [-0.05, 0) is 23.8 Å². The molecule has 192 valence electrons. The summed E-state index contributed by atoms with van der Waals surface area (Å²) in [7, 11) is -3.00. The molecule has 1 unspecified atom stereocenters. The number of aliphatic imine (C=N–C) groups is 1. The van der Waals surface area contributed by atoms with Crippen molar-refractivity contribution < 1.29 is 27.9 Å². The molecule has 0 saturated carbocycles. The summed E-state index contributed by atoms with van der Waals surface area (Å²) in [6.45, 7) is 0.544. The zero-order chi connectivity index (χ0) is 25.9. The Bertz CT molecular complexity index is 1530. The summed E-state index contributed by atoms with van der Waals surface area (Å²) < 4.78 is 51.5. The maximum Gasteiger partial charge on any atom is 0.195 e. The van der Waals surface area contributed by atoms with Crippen LogP contribution in [-0.4, -0.2) is 64.1 Å². The van der Waals surface area contributed by atoms with E-state index in [4.69, 9.17) is 35.6 Å². The predicted molar refractivity (Wildman–Crippen MR) is 136 cm³/mol. The number of pyridine rings is 1. The highest BCUT2D eigenvalue weighted by molar-refractivity contribution is 7.91. The number of benzene rings is 2. The van der Waals surface area contributed by atoms with Crippen LogP contribution in [0.15, 0.2) is 58.4 Å². The molecule has 0 spiro atoms. The second-order valence-electron chi connectivity index (χ2n) is 9.35. The maximum absolute atomic E-state index is 14.7. The molecule has 6 rings (SSSR count). The highest BCUT2D eigenvalue weighted by Gasteiger charge is 2.49. The lowest BCUT2D eigenvalue weighted by Gasteiger charge is -2.17. The number of nitrogens with zero attached hydrogens (tertiary/aromatic N) is 2. The third-order valence-corrected chi connectivity index (χ3v) is 8.17. The van der Waals surface area contributed by atoms with Crippen LogP contribution < -0.4 is 0 Å². The van der Waals surface area contributed by atoms with Gasteiger partial charge in [0.1, 0.15) is 24.1 Å². The second-order valence-corrected chi connectivity index (χ2v) is 11.9. The number of aliphatic hydroxyl groups excluding tert-OH is 1. The van der Waals surface area contributed by atoms with E-state index >= 15 is 0 Å². The molecule has 3 aromatic rings. The Hall–Kier alpha value is -2.89. The Morgan fingerprint density at radius 1 is 1.11 bits per heavy atom. The summed E-state index contributed by atoms with van der Waals surface area (Å²) in [6, 6.07) is 13.1. The summed E-state index contributed by atoms with van der Waals surface area (Å²) >= 11 is 6.55. The van der Waals surface area contributed by atoms with Gasteiger partial charge in [0.05, 0.1) is 51.5 Å². The van der Waals surface area contributed by atoms with E-state index in [2.05, 4.69) is 4.99 Å². The van der Waals surface area contributed by atoms with E-state index in [0.717, 1.165) is 17.3 Å². The van der Waals surface area contributed by atoms with Crippen LogP contribution >= 0.6 is 11.6 Å². The van der Waals surface area contributed by atoms with Crippen molar-refractivity contribution in [1.82, 2.24) is 4.98 Å². The third-order valence-electron chi connectivity index (χ3n) is 6.72. The Balaban J connectivity index is 1.20. The van der Waals surface area contributed by atoms with E-state index in [1.54, 1.807) is 18.2 Å². The fourth-order valence-electron chi connectivity index (χ4n) is 4.83. The Labute approximate surface area is 218 Å². The molecule has 2 N–H and O–H groups in total. The van der Waals surface area contributed by atoms with Gasteiger partial charge in [-0.15, -0.1) is 0 Å². The van der Waals surface area contributed by atoms with E-state index < -0.39 is 21.7 Å². The lowest BCUT2D eigenvalue weighted by Crippen LogP contribution is -2.34. The van der Waals surface area contributed by atoms with E-state index in [1.165, 1.54) is 18.4 Å². The highest BCUT2D eigenvalue weighted by atomic mass is 35.5. The van der Waals surface area contributed by atoms with E-state index in [0.29, 0.717) is 46.5 Å². The summed E-state index contributed by atoms with van der Waals surface area (Å²) in [5.74, 6) is -0.0464. The first-order chi connectivity index (χ1) is 17.7. The maximum atomic E-state index is 14.7. The van der Waals surface area contributed by atoms with Crippen molar-refractivity contribution in [1.29, 1.82) is 4.78 Å². The second kappa shape index (κ2) is 9.14. The first-order valence-corrected chi connectivity index (χ1v) is 14.0. The van der Waals surface area contributed by atoms with Crippen molar-refractivity contribution in [3.05, 3.63) is 65.1 Å². The number of hydrogen-bond acceptors (Lipinski definition) is 8. The van der Waals surface area contributed by atoms with E-state index in [1.807, 2.05) is 12.1 Å². The van der Waals surface area contributed by atoms with Crippen LogP contribution in [0.3, 0.4) is 0 Å². The van der Waals surface area contributed by atoms with Crippen LogP contribution in [0.5, 0.6) is 0 Å². The topological polar surface area (TPSA) is 114 Å². The quantitative estimate of drug-likeness (QED) is 0.505. The molecule has 3 aliphatic rings. The fraction of sp³-hybridized carbons (Fsp3) is 0.308. The molecule has 4 heterocycles. The van der Waals surface area contributed by atoms with Crippen molar-refractivity contribution in [3.8, 4) is 22.4 Å². The van der Waals surface area contributed by atoms with Crippen LogP contribution in [0.4, 0.5) is 10.1 Å². The molecule has 0 aliphatic carbocycles. The number of aliphatic hydroxyl groups is 1. The molecule has 8 nitrogen and oxygen atoms in total. The molecular weight excluding hydrogens is 521 g/mol. The molecule has 2 saturated heterocycles. The number of nitrogens with one attached hydrogen (secondary N) is 1. The van der Waals surface area contributed by atoms with Gasteiger partial charge in [0.2, 0.25) is 0 Å². The summed E-state index contributed by atoms with van der Waals surface area (Å²) in [5.41, 5.74) is 3.66. The Morgan fingerprint density at radius 2 is 1.84 bits per heavy atom. The number of hydrogen-bond donors (Lipinski definition) is 2. The van der Waals surface area contributed by atoms with Gasteiger partial charge < -0.3 is 19.3 Å². The fourth-order valence-corrected chi connectivity index (χ4v) is 5.74. The van der Waals surface area contributed by atoms with Gasteiger partial charge in [0, 0.05) is 22.3 Å². The lowest BCUT2D eigenvalue weighted by molar-refractivity contribution is 0.00558. The van der Waals surface area contributed by atoms with Crippen LogP contribution in [0.1, 0.15) is 5.69 Å². The molecule has 3 aliphatic heterocycles. The number of fused-ring (bicyclic) bond motifs is 2. The average Bonchev–Trinajstić information content (AvgIpc) is 3.55. The molecule has 11 heteroatoms. The first-order valence-electron chi connectivity index (χ1n) is 11.7. The summed E-state index contributed by atoms with van der Waals surface area (Å²) in [4.78, 5) is 9.41. The number of ether oxygens (including phenoxy) is 3. The molecule has 5 atom stereocenters. The van der Waals surface area contributed by atoms with Gasteiger partial charge in [0.15, 0.2) is 12.0 Å². The van der Waals surface area contributed by atoms with Gasteiger partial charge >= 0.3 is 0 Å². The largest absolute Gasteiger partial charge is 0.472 e. The van der Waals surface area contributed by atoms with Gasteiger partial charge in [-0.1, -0.05) is 41.9 Å². The molecule has 0 radical (unpaired) electrons. The van der Waals surface area contributed by atoms with E-state index in [9.17, 15) is 13.7 Å². The lowest BCUT2D eigenvalue weighted by atomic mass is 10.0. The molecule has 2 aromatic carbocycles. The van der Waals surface area contributed by atoms with Gasteiger partial charge in [-0.3, -0.25) is 0 Å². The minimum Gasteiger partial charge on any atom is -0.472 e. The van der Waals surface area contributed by atoms with Crippen LogP contribution in [0, 0.1) is 10.6 Å². The molecule has 0 amide bonds. The SMILES string of the molecule is CS(=N)(=O)c1ccc(-c2ccc(-c3nc4c(cc3Cl)N=C(O[C@@H]3CO[C@H]5[C@@H]3OC[C@H]5O)C4)cc2)c(F)c1. The molecule has 37 heavy (non-hydrogen) atoms. The van der Waals surface area contributed by atoms with Crippen LogP contribution in [-0.2, 0) is 30.4 Å². The molecule has 0 bridgehead atoms. The summed E-state index contributed by atoms with van der Waals surface area (Å²) in [6.07, 6.45) is -0.0547. The van der Waals surface area contributed by atoms with E-state index in [-0.39, 0.29) is 29.8 Å². The third kappa shape index (κ3) is 4.53. The van der Waals surface area contributed by atoms with Crippen molar-refractivity contribution in [2.24, 2.45) is 4.99 Å². The van der Waals surface area contributed by atoms with Gasteiger partial charge in [-0.25, -0.2) is 23.4 Å². The normalized spacial score (nSPS) is 25.9. The Kier molecular flexibility index (Phi) is 6.04. The zero-order valence-electron chi connectivity index (χ0n) is 19.7. The van der Waals surface area contributed by atoms with Crippen LogP contribution in [0.2, 0.25) is 5.02 Å². The summed E-state index contributed by atoms with van der Waals surface area (Å²) in [5, 5.41) is 10.4. The highest BCUT2D eigenvalue weighted by Crippen LogP contribution is 2.37. The number of rotatable bonds is 4. The standard InChI is InChI=1S/C26H23ClFN3O5S/c1-37(29,33)15-6-7-16(18(28)8-15)13-2-4-14(5-3-13)24-17(27)9-19-20(31-24)10-23(30-19)36-22-12-35-25-21(32)11-34-26(22)25/h2-9,21-22,25-26,29,32H,10-12H2,1H3/t21-,22-,25-,26-,37?/m1/s1. The number of halogens is 2. The average molecular weight is 544 g/mol. The van der Waals surface area contributed by atoms with Gasteiger partial charge in [0.25, 0.3) is 0 Å². The van der Waals surface area contributed by atoms with Crippen molar-refractivity contribution in [2.75, 3.05) is 19.5 Å². The minimum atomic E-state index is -3.00.